The zero-order valence-electron chi connectivity index (χ0n) is 5.88. The van der Waals surface area contributed by atoms with Gasteiger partial charge in [0, 0.05) is 6.61 Å². The summed E-state index contributed by atoms with van der Waals surface area (Å²) in [6.45, 7) is 5.59. The Hall–Kier alpha value is -0.0800. The van der Waals surface area contributed by atoms with Crippen LogP contribution in [0.4, 0.5) is 0 Å². The van der Waals surface area contributed by atoms with Crippen molar-refractivity contribution in [3.63, 3.8) is 0 Å². The van der Waals surface area contributed by atoms with Crippen molar-refractivity contribution in [2.24, 2.45) is 5.92 Å². The summed E-state index contributed by atoms with van der Waals surface area (Å²) in [6.07, 6.45) is 1.12. The van der Waals surface area contributed by atoms with Gasteiger partial charge in [0.15, 0.2) is 0 Å². The van der Waals surface area contributed by atoms with E-state index in [4.69, 9.17) is 10.2 Å². The van der Waals surface area contributed by atoms with Crippen molar-refractivity contribution in [1.82, 2.24) is 0 Å². The first-order valence-electron chi connectivity index (χ1n) is 3.30. The third kappa shape index (κ3) is 4.43. The highest BCUT2D eigenvalue weighted by molar-refractivity contribution is 4.65. The molecule has 0 aromatic rings. The van der Waals surface area contributed by atoms with E-state index in [9.17, 15) is 0 Å². The lowest BCUT2D eigenvalue weighted by atomic mass is 10.0. The van der Waals surface area contributed by atoms with Gasteiger partial charge >= 0.3 is 0 Å². The van der Waals surface area contributed by atoms with E-state index in [1.54, 1.807) is 0 Å². The quantitative estimate of drug-likeness (QED) is 0.586. The Balaban J connectivity index is 3.16. The minimum Gasteiger partial charge on any atom is -0.396 e. The van der Waals surface area contributed by atoms with E-state index in [2.05, 4.69) is 6.92 Å². The Morgan fingerprint density at radius 3 is 2.44 bits per heavy atom. The molecule has 0 spiro atoms. The number of aliphatic hydroxyl groups is 2. The molecule has 2 N–H and O–H groups in total. The number of hydrogen-bond donors (Lipinski definition) is 2. The van der Waals surface area contributed by atoms with Crippen molar-refractivity contribution in [1.29, 1.82) is 0 Å². The molecule has 0 bridgehead atoms. The van der Waals surface area contributed by atoms with Gasteiger partial charge in [-0.15, -0.1) is 0 Å². The third-order valence-electron chi connectivity index (χ3n) is 1.47. The first-order valence-corrected chi connectivity index (χ1v) is 3.30. The molecule has 2 nitrogen and oxygen atoms in total. The van der Waals surface area contributed by atoms with Gasteiger partial charge in [0.1, 0.15) is 0 Å². The van der Waals surface area contributed by atoms with Crippen molar-refractivity contribution in [2.45, 2.75) is 25.9 Å². The largest absolute Gasteiger partial charge is 0.396 e. The number of hydrogen-bond acceptors (Lipinski definition) is 2. The SMILES string of the molecule is [CH2]C(O)C(C)CCCO. The van der Waals surface area contributed by atoms with Crippen LogP contribution in [0.5, 0.6) is 0 Å². The van der Waals surface area contributed by atoms with Gasteiger partial charge in [-0.25, -0.2) is 0 Å². The first-order chi connectivity index (χ1) is 4.18. The Bertz CT molecular complexity index is 61.9. The Morgan fingerprint density at radius 1 is 1.56 bits per heavy atom. The summed E-state index contributed by atoms with van der Waals surface area (Å²) < 4.78 is 0. The standard InChI is InChI=1S/C7H15O2/c1-6(7(2)9)4-3-5-8/h6-9H,2-5H2,1H3. The Labute approximate surface area is 56.5 Å². The van der Waals surface area contributed by atoms with Gasteiger partial charge in [0.05, 0.1) is 6.10 Å². The van der Waals surface area contributed by atoms with E-state index >= 15 is 0 Å². The third-order valence-corrected chi connectivity index (χ3v) is 1.47. The summed E-state index contributed by atoms with van der Waals surface area (Å²) >= 11 is 0. The molecule has 0 saturated heterocycles. The van der Waals surface area contributed by atoms with Crippen LogP contribution in [0.3, 0.4) is 0 Å². The molecule has 0 fully saturated rings. The molecular formula is C7H15O2. The fraction of sp³-hybridized carbons (Fsp3) is 0.857. The summed E-state index contributed by atoms with van der Waals surface area (Å²) in [6, 6.07) is 0. The van der Waals surface area contributed by atoms with Gasteiger partial charge < -0.3 is 10.2 Å². The van der Waals surface area contributed by atoms with Crippen LogP contribution in [-0.4, -0.2) is 22.9 Å². The lowest BCUT2D eigenvalue weighted by Gasteiger charge is -2.12. The van der Waals surface area contributed by atoms with E-state index < -0.39 is 6.10 Å². The minimum absolute atomic E-state index is 0.205. The second kappa shape index (κ2) is 4.77. The van der Waals surface area contributed by atoms with E-state index in [0.29, 0.717) is 0 Å². The molecule has 0 amide bonds. The van der Waals surface area contributed by atoms with Crippen LogP contribution < -0.4 is 0 Å². The second-order valence-corrected chi connectivity index (χ2v) is 2.41. The van der Waals surface area contributed by atoms with Crippen molar-refractivity contribution in [2.75, 3.05) is 6.61 Å². The van der Waals surface area contributed by atoms with Crippen molar-refractivity contribution in [3.8, 4) is 0 Å². The molecule has 0 aromatic heterocycles. The zero-order chi connectivity index (χ0) is 7.28. The van der Waals surface area contributed by atoms with Crippen LogP contribution in [0.15, 0.2) is 0 Å². The van der Waals surface area contributed by atoms with Gasteiger partial charge in [0.25, 0.3) is 0 Å². The molecular weight excluding hydrogens is 116 g/mol. The van der Waals surface area contributed by atoms with Gasteiger partial charge in [-0.05, 0) is 25.7 Å². The molecule has 2 atom stereocenters. The molecule has 0 aliphatic carbocycles. The van der Waals surface area contributed by atoms with Crippen LogP contribution in [0.2, 0.25) is 0 Å². The van der Waals surface area contributed by atoms with Crippen molar-refractivity contribution >= 4 is 0 Å². The molecule has 55 valence electrons. The topological polar surface area (TPSA) is 40.5 Å². The normalized spacial score (nSPS) is 17.3. The van der Waals surface area contributed by atoms with Gasteiger partial charge in [0.2, 0.25) is 0 Å². The monoisotopic (exact) mass is 131 g/mol. The van der Waals surface area contributed by atoms with E-state index in [1.807, 2.05) is 6.92 Å². The first kappa shape index (κ1) is 8.92. The zero-order valence-corrected chi connectivity index (χ0v) is 5.88. The highest BCUT2D eigenvalue weighted by atomic mass is 16.3. The summed E-state index contributed by atoms with van der Waals surface area (Å²) in [5.41, 5.74) is 0. The molecule has 0 heterocycles. The lowest BCUT2D eigenvalue weighted by Crippen LogP contribution is -2.13. The van der Waals surface area contributed by atoms with Crippen LogP contribution in [-0.2, 0) is 0 Å². The van der Waals surface area contributed by atoms with E-state index in [1.165, 1.54) is 0 Å². The lowest BCUT2D eigenvalue weighted by molar-refractivity contribution is 0.146. The average molecular weight is 131 g/mol. The van der Waals surface area contributed by atoms with Gasteiger partial charge in [-0.1, -0.05) is 6.92 Å². The van der Waals surface area contributed by atoms with Crippen molar-refractivity contribution < 1.29 is 10.2 Å². The van der Waals surface area contributed by atoms with Crippen LogP contribution in [0.25, 0.3) is 0 Å². The van der Waals surface area contributed by atoms with Crippen LogP contribution in [0, 0.1) is 12.8 Å². The maximum Gasteiger partial charge on any atom is 0.0566 e. The fourth-order valence-corrected chi connectivity index (χ4v) is 0.606. The molecule has 2 heteroatoms. The maximum atomic E-state index is 8.85. The highest BCUT2D eigenvalue weighted by Crippen LogP contribution is 2.08. The van der Waals surface area contributed by atoms with Crippen molar-refractivity contribution in [3.05, 3.63) is 6.92 Å². The summed E-state index contributed by atoms with van der Waals surface area (Å²) in [5.74, 6) is 0.206. The molecule has 0 aliphatic heterocycles. The highest BCUT2D eigenvalue weighted by Gasteiger charge is 2.06. The molecule has 0 rings (SSSR count). The molecule has 2 unspecified atom stereocenters. The Kier molecular flexibility index (Phi) is 4.72. The summed E-state index contributed by atoms with van der Waals surface area (Å²) in [7, 11) is 0. The fourth-order valence-electron chi connectivity index (χ4n) is 0.606. The van der Waals surface area contributed by atoms with Crippen LogP contribution >= 0.6 is 0 Å². The summed E-state index contributed by atoms with van der Waals surface area (Å²) in [4.78, 5) is 0. The molecule has 0 saturated carbocycles. The predicted molar refractivity (Wildman–Crippen MR) is 36.8 cm³/mol. The van der Waals surface area contributed by atoms with E-state index in [-0.39, 0.29) is 12.5 Å². The minimum atomic E-state index is -0.489. The maximum absolute atomic E-state index is 8.85. The van der Waals surface area contributed by atoms with Crippen LogP contribution in [0.1, 0.15) is 19.8 Å². The molecule has 9 heavy (non-hydrogen) atoms. The van der Waals surface area contributed by atoms with E-state index in [0.717, 1.165) is 12.8 Å². The summed E-state index contributed by atoms with van der Waals surface area (Å²) in [5, 5.41) is 17.2. The van der Waals surface area contributed by atoms with Gasteiger partial charge in [-0.3, -0.25) is 0 Å². The molecule has 0 aromatic carbocycles. The smallest absolute Gasteiger partial charge is 0.0566 e. The Morgan fingerprint density at radius 2 is 2.11 bits per heavy atom. The molecule has 1 radical (unpaired) electrons. The van der Waals surface area contributed by atoms with Gasteiger partial charge in [-0.2, -0.15) is 0 Å². The number of rotatable bonds is 4. The predicted octanol–water partition coefficient (Wildman–Crippen LogP) is 0.590. The average Bonchev–Trinajstić information content (AvgIpc) is 1.82. The molecule has 0 aliphatic rings. The second-order valence-electron chi connectivity index (χ2n) is 2.41. The number of aliphatic hydroxyl groups excluding tert-OH is 2.